The van der Waals surface area contributed by atoms with E-state index in [1.807, 2.05) is 13.8 Å². The van der Waals surface area contributed by atoms with Crippen LogP contribution in [0.5, 0.6) is 0 Å². The Morgan fingerprint density at radius 2 is 1.35 bits per heavy atom. The van der Waals surface area contributed by atoms with Crippen molar-refractivity contribution < 1.29 is 23.9 Å². The zero-order chi connectivity index (χ0) is 14.8. The summed E-state index contributed by atoms with van der Waals surface area (Å²) in [6, 6.07) is 0. The minimum Gasteiger partial charge on any atom is -0.393 e. The molecule has 114 valence electrons. The van der Waals surface area contributed by atoms with E-state index in [1.165, 1.54) is 0 Å². The van der Waals surface area contributed by atoms with Crippen LogP contribution in [0.25, 0.3) is 0 Å². The molecule has 0 aromatic rings. The maximum absolute atomic E-state index is 11.9. The third-order valence-electron chi connectivity index (χ3n) is 2.66. The molecule has 0 amide bonds. The second-order valence-electron chi connectivity index (χ2n) is 4.49. The molecule has 0 saturated heterocycles. The SMILES string of the molecule is CCCC(=O)C(CCC(=O)OC(C)=O)C(=O)CCC.[AlH3]. The molecule has 0 N–H and O–H groups in total. The summed E-state index contributed by atoms with van der Waals surface area (Å²) in [4.78, 5) is 45.6. The largest absolute Gasteiger partial charge is 0.393 e. The first-order valence-corrected chi connectivity index (χ1v) is 6.69. The number of hydrogen-bond donors (Lipinski definition) is 0. The lowest BCUT2D eigenvalue weighted by atomic mass is 9.89. The van der Waals surface area contributed by atoms with Gasteiger partial charge in [0.15, 0.2) is 17.4 Å². The van der Waals surface area contributed by atoms with Crippen LogP contribution < -0.4 is 0 Å². The van der Waals surface area contributed by atoms with Gasteiger partial charge in [-0.15, -0.1) is 0 Å². The van der Waals surface area contributed by atoms with Crippen LogP contribution in [0.15, 0.2) is 0 Å². The Balaban J connectivity index is 0. The monoisotopic (exact) mass is 300 g/mol. The molecule has 6 heteroatoms. The molecule has 0 spiro atoms. The van der Waals surface area contributed by atoms with Gasteiger partial charge in [-0.1, -0.05) is 13.8 Å². The summed E-state index contributed by atoms with van der Waals surface area (Å²) in [7, 11) is 0. The fraction of sp³-hybridized carbons (Fsp3) is 0.714. The van der Waals surface area contributed by atoms with Crippen LogP contribution in [0.1, 0.15) is 59.3 Å². The molecule has 0 aliphatic heterocycles. The zero-order valence-corrected chi connectivity index (χ0v) is 11.9. The van der Waals surface area contributed by atoms with Gasteiger partial charge in [0.05, 0.1) is 5.92 Å². The van der Waals surface area contributed by atoms with E-state index < -0.39 is 17.9 Å². The molecule has 5 nitrogen and oxygen atoms in total. The van der Waals surface area contributed by atoms with Gasteiger partial charge in [-0.3, -0.25) is 19.2 Å². The highest BCUT2D eigenvalue weighted by molar-refractivity contribution is 6.02. The van der Waals surface area contributed by atoms with Gasteiger partial charge >= 0.3 is 11.9 Å². The van der Waals surface area contributed by atoms with E-state index in [9.17, 15) is 19.2 Å². The normalized spacial score (nSPS) is 9.80. The highest BCUT2D eigenvalue weighted by Gasteiger charge is 2.25. The van der Waals surface area contributed by atoms with E-state index >= 15 is 0 Å². The van der Waals surface area contributed by atoms with Crippen molar-refractivity contribution in [2.24, 2.45) is 5.92 Å². The summed E-state index contributed by atoms with van der Waals surface area (Å²) in [5.41, 5.74) is 0. The Kier molecular flexibility index (Phi) is 12.6. The molecule has 0 aromatic heterocycles. The summed E-state index contributed by atoms with van der Waals surface area (Å²) >= 11 is 0. The maximum Gasteiger partial charge on any atom is 0.313 e. The highest BCUT2D eigenvalue weighted by atomic mass is 27.0. The van der Waals surface area contributed by atoms with E-state index in [4.69, 9.17) is 0 Å². The standard InChI is InChI=1S/C14H22O5.Al.3H/c1-4-6-12(16)11(13(17)7-5-2)8-9-14(18)19-10(3)15;;;;/h11H,4-9H2,1-3H3;;;;. The zero-order valence-electron chi connectivity index (χ0n) is 11.9. The van der Waals surface area contributed by atoms with Gasteiger partial charge in [-0.2, -0.15) is 0 Å². The summed E-state index contributed by atoms with van der Waals surface area (Å²) in [6.45, 7) is 4.87. The predicted molar refractivity (Wildman–Crippen MR) is 79.3 cm³/mol. The molecule has 0 aromatic carbocycles. The van der Waals surface area contributed by atoms with Crippen LogP contribution in [0.2, 0.25) is 0 Å². The fourth-order valence-corrected chi connectivity index (χ4v) is 1.82. The molecular formula is C14H25AlO5. The van der Waals surface area contributed by atoms with Gasteiger partial charge in [0.1, 0.15) is 11.6 Å². The number of rotatable bonds is 9. The number of hydrogen-bond acceptors (Lipinski definition) is 5. The first kappa shape index (κ1) is 21.3. The van der Waals surface area contributed by atoms with Gasteiger partial charge < -0.3 is 4.74 Å². The third-order valence-corrected chi connectivity index (χ3v) is 2.66. The summed E-state index contributed by atoms with van der Waals surface area (Å²) in [5.74, 6) is -2.36. The lowest BCUT2D eigenvalue weighted by Crippen LogP contribution is -2.25. The summed E-state index contributed by atoms with van der Waals surface area (Å²) in [5, 5.41) is 0. The van der Waals surface area contributed by atoms with Gasteiger partial charge in [0.25, 0.3) is 0 Å². The number of esters is 2. The van der Waals surface area contributed by atoms with Crippen molar-refractivity contribution in [3.8, 4) is 0 Å². The van der Waals surface area contributed by atoms with Crippen molar-refractivity contribution in [3.05, 3.63) is 0 Å². The minimum absolute atomic E-state index is 0. The molecule has 0 saturated carbocycles. The predicted octanol–water partition coefficient (Wildman–Crippen LogP) is 1.03. The topological polar surface area (TPSA) is 77.5 Å². The number of carbonyl (C=O) groups is 4. The third kappa shape index (κ3) is 9.00. The van der Waals surface area contributed by atoms with Gasteiger partial charge in [-0.05, 0) is 19.3 Å². The van der Waals surface area contributed by atoms with Crippen molar-refractivity contribution in [2.45, 2.75) is 59.3 Å². The molecule has 0 aliphatic carbocycles. The van der Waals surface area contributed by atoms with E-state index in [2.05, 4.69) is 4.74 Å². The Morgan fingerprint density at radius 3 is 1.70 bits per heavy atom. The summed E-state index contributed by atoms with van der Waals surface area (Å²) < 4.78 is 4.38. The number of carbonyl (C=O) groups excluding carboxylic acids is 4. The smallest absolute Gasteiger partial charge is 0.313 e. The number of ketones is 2. The molecule has 0 atom stereocenters. The van der Waals surface area contributed by atoms with Crippen molar-refractivity contribution in [3.63, 3.8) is 0 Å². The lowest BCUT2D eigenvalue weighted by Gasteiger charge is -2.13. The molecule has 20 heavy (non-hydrogen) atoms. The Hall–Kier alpha value is -0.988. The van der Waals surface area contributed by atoms with Crippen LogP contribution in [0.4, 0.5) is 0 Å². The first-order chi connectivity index (χ1) is 8.92. The van der Waals surface area contributed by atoms with E-state index in [1.54, 1.807) is 0 Å². The first-order valence-electron chi connectivity index (χ1n) is 6.69. The van der Waals surface area contributed by atoms with Crippen LogP contribution in [-0.4, -0.2) is 40.9 Å². The molecule has 0 radical (unpaired) electrons. The summed E-state index contributed by atoms with van der Waals surface area (Å²) in [6.07, 6.45) is 2.06. The second-order valence-corrected chi connectivity index (χ2v) is 4.49. The van der Waals surface area contributed by atoms with Gasteiger partial charge in [0, 0.05) is 26.2 Å². The van der Waals surface area contributed by atoms with E-state index in [0.29, 0.717) is 25.7 Å². The highest BCUT2D eigenvalue weighted by Crippen LogP contribution is 2.16. The van der Waals surface area contributed by atoms with Crippen LogP contribution in [-0.2, 0) is 23.9 Å². The Bertz CT molecular complexity index is 333. The molecule has 0 rings (SSSR count). The quantitative estimate of drug-likeness (QED) is 0.361. The maximum atomic E-state index is 11.9. The molecule has 0 bridgehead atoms. The van der Waals surface area contributed by atoms with Crippen molar-refractivity contribution >= 4 is 40.9 Å². The van der Waals surface area contributed by atoms with Crippen molar-refractivity contribution in [1.82, 2.24) is 0 Å². The average Bonchev–Trinajstić information content (AvgIpc) is 2.28. The number of ether oxygens (including phenoxy) is 1. The van der Waals surface area contributed by atoms with Gasteiger partial charge in [0.2, 0.25) is 0 Å². The average molecular weight is 300 g/mol. The van der Waals surface area contributed by atoms with E-state index in [0.717, 1.165) is 6.92 Å². The molecule has 0 aliphatic rings. The minimum atomic E-state index is -0.737. The van der Waals surface area contributed by atoms with Gasteiger partial charge in [-0.25, -0.2) is 0 Å². The molecule has 0 fully saturated rings. The van der Waals surface area contributed by atoms with Crippen LogP contribution in [0.3, 0.4) is 0 Å². The Morgan fingerprint density at radius 1 is 0.900 bits per heavy atom. The van der Waals surface area contributed by atoms with Crippen molar-refractivity contribution in [1.29, 1.82) is 0 Å². The molecular weight excluding hydrogens is 275 g/mol. The van der Waals surface area contributed by atoms with Crippen LogP contribution >= 0.6 is 0 Å². The fourth-order valence-electron chi connectivity index (χ4n) is 1.82. The number of Topliss-reactive ketones (excluding diaryl/α,β-unsaturated/α-hetero) is 2. The molecule has 0 unspecified atom stereocenters. The van der Waals surface area contributed by atoms with E-state index in [-0.39, 0.29) is 41.8 Å². The van der Waals surface area contributed by atoms with Crippen molar-refractivity contribution in [2.75, 3.05) is 0 Å². The lowest BCUT2D eigenvalue weighted by molar-refractivity contribution is -0.158. The van der Waals surface area contributed by atoms with Crippen LogP contribution in [0, 0.1) is 5.92 Å². The second kappa shape index (κ2) is 11.8. The molecule has 0 heterocycles. The Labute approximate surface area is 130 Å².